The molecule has 0 amide bonds. The van der Waals surface area contributed by atoms with E-state index in [1.54, 1.807) is 0 Å². The van der Waals surface area contributed by atoms with Crippen LogP contribution in [0.3, 0.4) is 0 Å². The van der Waals surface area contributed by atoms with Crippen molar-refractivity contribution >= 4 is 34.2 Å². The molecular weight excluding hydrogens is 259 g/mol. The minimum atomic E-state index is 0.292. The molecule has 0 fully saturated rings. The molecular formula is C11H6Cl2N4. The summed E-state index contributed by atoms with van der Waals surface area (Å²) in [6.45, 7) is 0. The predicted molar refractivity (Wildman–Crippen MR) is 67.1 cm³/mol. The monoisotopic (exact) mass is 264 g/mol. The number of benzene rings is 1. The smallest absolute Gasteiger partial charge is 0.198 e. The van der Waals surface area contributed by atoms with Crippen molar-refractivity contribution in [2.45, 2.75) is 0 Å². The van der Waals surface area contributed by atoms with Gasteiger partial charge in [-0.25, -0.2) is 15.0 Å². The molecule has 2 heterocycles. The Morgan fingerprint density at radius 3 is 2.35 bits per heavy atom. The van der Waals surface area contributed by atoms with Crippen molar-refractivity contribution in [1.82, 2.24) is 19.9 Å². The van der Waals surface area contributed by atoms with Gasteiger partial charge in [0.25, 0.3) is 0 Å². The molecule has 0 saturated heterocycles. The Hall–Kier alpha value is -1.65. The summed E-state index contributed by atoms with van der Waals surface area (Å²) >= 11 is 11.6. The second kappa shape index (κ2) is 3.98. The molecule has 0 atom stereocenters. The second-order valence-electron chi connectivity index (χ2n) is 3.44. The molecule has 4 nitrogen and oxygen atoms in total. The van der Waals surface area contributed by atoms with E-state index in [1.165, 1.54) is 6.07 Å². The number of fused-ring (bicyclic) bond motifs is 1. The molecule has 0 radical (unpaired) electrons. The number of aromatic amines is 1. The Bertz CT molecular complexity index is 640. The summed E-state index contributed by atoms with van der Waals surface area (Å²) in [5.41, 5.74) is 1.77. The maximum absolute atomic E-state index is 5.82. The van der Waals surface area contributed by atoms with Crippen molar-refractivity contribution in [1.29, 1.82) is 0 Å². The van der Waals surface area contributed by atoms with Crippen LogP contribution in [0.2, 0.25) is 10.3 Å². The van der Waals surface area contributed by atoms with E-state index in [0.29, 0.717) is 22.0 Å². The lowest BCUT2D eigenvalue weighted by Crippen LogP contribution is -1.91. The van der Waals surface area contributed by atoms with Crippen LogP contribution in [0.25, 0.3) is 22.7 Å². The van der Waals surface area contributed by atoms with Gasteiger partial charge in [0.05, 0.1) is 11.0 Å². The predicted octanol–water partition coefficient (Wildman–Crippen LogP) is 3.33. The lowest BCUT2D eigenvalue weighted by atomic mass is 10.3. The SMILES string of the molecule is Clc1cc(Cl)nc(-c2nc3ccccc3[nH]2)n1. The molecule has 0 aliphatic heterocycles. The van der Waals surface area contributed by atoms with Crippen LogP contribution in [-0.4, -0.2) is 19.9 Å². The number of nitrogens with one attached hydrogen (secondary N) is 1. The first-order chi connectivity index (χ1) is 8.22. The maximum atomic E-state index is 5.82. The third-order valence-corrected chi connectivity index (χ3v) is 2.65. The highest BCUT2D eigenvalue weighted by molar-refractivity contribution is 6.33. The third-order valence-electron chi connectivity index (χ3n) is 2.26. The molecule has 84 valence electrons. The zero-order valence-electron chi connectivity index (χ0n) is 8.48. The zero-order valence-corrected chi connectivity index (χ0v) is 10.00. The van der Waals surface area contributed by atoms with Crippen molar-refractivity contribution < 1.29 is 0 Å². The van der Waals surface area contributed by atoms with E-state index in [2.05, 4.69) is 19.9 Å². The molecule has 1 aromatic carbocycles. The standard InChI is InChI=1S/C11H6Cl2N4/c12-8-5-9(13)17-11(16-8)10-14-6-3-1-2-4-7(6)15-10/h1-5H,(H,14,15). The Morgan fingerprint density at radius 2 is 1.65 bits per heavy atom. The minimum absolute atomic E-state index is 0.292. The molecule has 3 rings (SSSR count). The van der Waals surface area contributed by atoms with Gasteiger partial charge in [-0.3, -0.25) is 0 Å². The van der Waals surface area contributed by atoms with E-state index in [0.717, 1.165) is 11.0 Å². The van der Waals surface area contributed by atoms with Crippen LogP contribution in [-0.2, 0) is 0 Å². The maximum Gasteiger partial charge on any atom is 0.198 e. The summed E-state index contributed by atoms with van der Waals surface area (Å²) in [6.07, 6.45) is 0. The van der Waals surface area contributed by atoms with Gasteiger partial charge in [-0.1, -0.05) is 35.3 Å². The number of nitrogens with zero attached hydrogens (tertiary/aromatic N) is 3. The molecule has 0 saturated carbocycles. The average Bonchev–Trinajstić information content (AvgIpc) is 2.71. The highest BCUT2D eigenvalue weighted by atomic mass is 35.5. The van der Waals surface area contributed by atoms with E-state index in [9.17, 15) is 0 Å². The first kappa shape index (κ1) is 10.5. The van der Waals surface area contributed by atoms with E-state index < -0.39 is 0 Å². The number of halogens is 2. The van der Waals surface area contributed by atoms with Gasteiger partial charge in [-0.05, 0) is 12.1 Å². The topological polar surface area (TPSA) is 54.5 Å². The highest BCUT2D eigenvalue weighted by Crippen LogP contribution is 2.20. The summed E-state index contributed by atoms with van der Waals surface area (Å²) in [5, 5.41) is 0.584. The molecule has 1 N–H and O–H groups in total. The van der Waals surface area contributed by atoms with Gasteiger partial charge in [0.1, 0.15) is 10.3 Å². The molecule has 6 heteroatoms. The van der Waals surface area contributed by atoms with Gasteiger partial charge in [-0.2, -0.15) is 0 Å². The Labute approximate surface area is 107 Å². The molecule has 0 aliphatic rings. The number of H-pyrrole nitrogens is 1. The zero-order chi connectivity index (χ0) is 11.8. The summed E-state index contributed by atoms with van der Waals surface area (Å²) in [7, 11) is 0. The van der Waals surface area contributed by atoms with Crippen molar-refractivity contribution in [3.63, 3.8) is 0 Å². The lowest BCUT2D eigenvalue weighted by Gasteiger charge is -1.96. The van der Waals surface area contributed by atoms with Crippen LogP contribution in [0, 0.1) is 0 Å². The van der Waals surface area contributed by atoms with Gasteiger partial charge in [-0.15, -0.1) is 0 Å². The van der Waals surface area contributed by atoms with Crippen molar-refractivity contribution in [3.8, 4) is 11.6 Å². The first-order valence-electron chi connectivity index (χ1n) is 4.87. The Kier molecular flexibility index (Phi) is 2.46. The van der Waals surface area contributed by atoms with Gasteiger partial charge < -0.3 is 4.98 Å². The number of imidazole rings is 1. The van der Waals surface area contributed by atoms with Crippen LogP contribution in [0.15, 0.2) is 30.3 Å². The average molecular weight is 265 g/mol. The largest absolute Gasteiger partial charge is 0.335 e. The van der Waals surface area contributed by atoms with Crippen LogP contribution < -0.4 is 0 Å². The van der Waals surface area contributed by atoms with Crippen LogP contribution >= 0.6 is 23.2 Å². The van der Waals surface area contributed by atoms with Crippen molar-refractivity contribution in [2.24, 2.45) is 0 Å². The van der Waals surface area contributed by atoms with Gasteiger partial charge in [0.2, 0.25) is 0 Å². The van der Waals surface area contributed by atoms with Crippen molar-refractivity contribution in [3.05, 3.63) is 40.6 Å². The fourth-order valence-corrected chi connectivity index (χ4v) is 1.98. The number of hydrogen-bond donors (Lipinski definition) is 1. The molecule has 0 spiro atoms. The summed E-state index contributed by atoms with van der Waals surface area (Å²) in [6, 6.07) is 9.16. The summed E-state index contributed by atoms with van der Waals surface area (Å²) in [4.78, 5) is 15.6. The van der Waals surface area contributed by atoms with Crippen LogP contribution in [0.5, 0.6) is 0 Å². The number of para-hydroxylation sites is 2. The normalized spacial score (nSPS) is 10.9. The molecule has 3 aromatic rings. The van der Waals surface area contributed by atoms with E-state index in [1.807, 2.05) is 24.3 Å². The number of hydrogen-bond acceptors (Lipinski definition) is 3. The van der Waals surface area contributed by atoms with Crippen LogP contribution in [0.4, 0.5) is 0 Å². The number of aromatic nitrogens is 4. The Morgan fingerprint density at radius 1 is 0.941 bits per heavy atom. The quantitative estimate of drug-likeness (QED) is 0.686. The van der Waals surface area contributed by atoms with Crippen molar-refractivity contribution in [2.75, 3.05) is 0 Å². The number of rotatable bonds is 1. The van der Waals surface area contributed by atoms with Gasteiger partial charge >= 0.3 is 0 Å². The first-order valence-corrected chi connectivity index (χ1v) is 5.63. The van der Waals surface area contributed by atoms with Crippen LogP contribution in [0.1, 0.15) is 0 Å². The lowest BCUT2D eigenvalue weighted by molar-refractivity contribution is 1.13. The van der Waals surface area contributed by atoms with Gasteiger partial charge in [0.15, 0.2) is 11.6 Å². The second-order valence-corrected chi connectivity index (χ2v) is 4.21. The van der Waals surface area contributed by atoms with Gasteiger partial charge in [0, 0.05) is 6.07 Å². The molecule has 0 unspecified atom stereocenters. The van der Waals surface area contributed by atoms with E-state index in [4.69, 9.17) is 23.2 Å². The molecule has 2 aromatic heterocycles. The highest BCUT2D eigenvalue weighted by Gasteiger charge is 2.09. The molecule has 0 aliphatic carbocycles. The fourth-order valence-electron chi connectivity index (χ4n) is 1.55. The molecule has 17 heavy (non-hydrogen) atoms. The summed E-state index contributed by atoms with van der Waals surface area (Å²) < 4.78 is 0. The Balaban J connectivity index is 2.20. The van der Waals surface area contributed by atoms with E-state index >= 15 is 0 Å². The fraction of sp³-hybridized carbons (Fsp3) is 0. The summed E-state index contributed by atoms with van der Waals surface area (Å²) in [5.74, 6) is 0.939. The molecule has 0 bridgehead atoms. The third kappa shape index (κ3) is 1.97. The van der Waals surface area contributed by atoms with E-state index in [-0.39, 0.29) is 0 Å². The minimum Gasteiger partial charge on any atom is -0.335 e.